The van der Waals surface area contributed by atoms with Gasteiger partial charge in [-0.2, -0.15) is 5.10 Å². The third-order valence-corrected chi connectivity index (χ3v) is 4.44. The zero-order chi connectivity index (χ0) is 15.7. The van der Waals surface area contributed by atoms with Crippen LogP contribution in [0.5, 0.6) is 0 Å². The van der Waals surface area contributed by atoms with Crippen molar-refractivity contribution in [2.45, 2.75) is 65.5 Å². The van der Waals surface area contributed by atoms with E-state index >= 15 is 0 Å². The molecule has 0 aromatic carbocycles. The number of amides is 1. The molecule has 0 atom stereocenters. The molecule has 1 aromatic heterocycles. The smallest absolute Gasteiger partial charge is 0.295 e. The Balaban J connectivity index is 2.30. The molecule has 0 aliphatic heterocycles. The fourth-order valence-electron chi connectivity index (χ4n) is 3.33. The number of rotatable bonds is 4. The molecule has 1 saturated carbocycles. The van der Waals surface area contributed by atoms with Crippen LogP contribution in [0.15, 0.2) is 0 Å². The number of aromatic nitrogens is 2. The molecule has 5 heteroatoms. The van der Waals surface area contributed by atoms with Gasteiger partial charge in [0.05, 0.1) is 11.3 Å². The van der Waals surface area contributed by atoms with Crippen LogP contribution in [0.25, 0.3) is 0 Å². The van der Waals surface area contributed by atoms with Crippen LogP contribution < -0.4 is 0 Å². The largest absolute Gasteiger partial charge is 0.330 e. The van der Waals surface area contributed by atoms with Gasteiger partial charge in [0.25, 0.3) is 11.7 Å². The maximum atomic E-state index is 12.7. The molecule has 5 nitrogen and oxygen atoms in total. The first kappa shape index (κ1) is 15.7. The molecule has 1 fully saturated rings. The van der Waals surface area contributed by atoms with Gasteiger partial charge in [0.1, 0.15) is 0 Å². The van der Waals surface area contributed by atoms with Crippen molar-refractivity contribution in [1.82, 2.24) is 14.7 Å². The number of Topliss-reactive ketones (excluding diaryl/α,β-unsaturated/α-hetero) is 1. The second kappa shape index (κ2) is 6.00. The van der Waals surface area contributed by atoms with E-state index in [0.717, 1.165) is 31.4 Å². The molecular weight excluding hydrogens is 266 g/mol. The number of hydrogen-bond donors (Lipinski definition) is 0. The first-order valence-corrected chi connectivity index (χ1v) is 7.71. The first-order valence-electron chi connectivity index (χ1n) is 7.71. The van der Waals surface area contributed by atoms with Crippen molar-refractivity contribution in [1.29, 1.82) is 0 Å². The van der Waals surface area contributed by atoms with Gasteiger partial charge < -0.3 is 4.90 Å². The first-order chi connectivity index (χ1) is 9.84. The maximum Gasteiger partial charge on any atom is 0.295 e. The van der Waals surface area contributed by atoms with Crippen LogP contribution in [0.1, 0.15) is 61.3 Å². The van der Waals surface area contributed by atoms with E-state index in [1.807, 2.05) is 20.8 Å². The minimum absolute atomic E-state index is 0.0434. The van der Waals surface area contributed by atoms with E-state index in [9.17, 15) is 9.59 Å². The molecule has 1 aliphatic carbocycles. The van der Waals surface area contributed by atoms with E-state index in [0.29, 0.717) is 11.3 Å². The van der Waals surface area contributed by atoms with Gasteiger partial charge in [-0.15, -0.1) is 0 Å². The zero-order valence-electron chi connectivity index (χ0n) is 13.6. The maximum absolute atomic E-state index is 12.7. The number of nitrogens with zero attached hydrogens (tertiary/aromatic N) is 3. The normalized spacial score (nSPS) is 15.7. The molecule has 0 saturated heterocycles. The number of aryl methyl sites for hydroxylation is 2. The Morgan fingerprint density at radius 1 is 1.24 bits per heavy atom. The molecule has 1 aliphatic rings. The lowest BCUT2D eigenvalue weighted by atomic mass is 10.0. The zero-order valence-corrected chi connectivity index (χ0v) is 13.6. The van der Waals surface area contributed by atoms with Gasteiger partial charge >= 0.3 is 0 Å². The van der Waals surface area contributed by atoms with Gasteiger partial charge in [0.15, 0.2) is 0 Å². The van der Waals surface area contributed by atoms with Gasteiger partial charge in [0, 0.05) is 24.8 Å². The molecule has 1 aromatic rings. The summed E-state index contributed by atoms with van der Waals surface area (Å²) in [5, 5.41) is 4.24. The summed E-state index contributed by atoms with van der Waals surface area (Å²) >= 11 is 0. The summed E-state index contributed by atoms with van der Waals surface area (Å²) in [6, 6.07) is 0.251. The predicted molar refractivity (Wildman–Crippen MR) is 81.3 cm³/mol. The van der Waals surface area contributed by atoms with E-state index in [1.165, 1.54) is 0 Å². The Bertz CT molecular complexity index is 554. The van der Waals surface area contributed by atoms with Crippen molar-refractivity contribution in [3.05, 3.63) is 17.0 Å². The summed E-state index contributed by atoms with van der Waals surface area (Å²) in [6.07, 6.45) is 4.28. The van der Waals surface area contributed by atoms with Gasteiger partial charge in [-0.3, -0.25) is 14.3 Å². The Hall–Kier alpha value is -1.65. The highest BCUT2D eigenvalue weighted by Gasteiger charge is 2.34. The number of ketones is 1. The van der Waals surface area contributed by atoms with Crippen LogP contribution in [0.3, 0.4) is 0 Å². The van der Waals surface area contributed by atoms with Crippen molar-refractivity contribution in [2.75, 3.05) is 0 Å². The average Bonchev–Trinajstić information content (AvgIpc) is 2.99. The third kappa shape index (κ3) is 2.87. The quantitative estimate of drug-likeness (QED) is 0.632. The highest BCUT2D eigenvalue weighted by Crippen LogP contribution is 2.26. The fraction of sp³-hybridized carbons (Fsp3) is 0.688. The minimum atomic E-state index is -0.418. The van der Waals surface area contributed by atoms with E-state index < -0.39 is 5.78 Å². The van der Waals surface area contributed by atoms with Crippen molar-refractivity contribution in [2.24, 2.45) is 7.05 Å². The van der Waals surface area contributed by atoms with Gasteiger partial charge in [-0.05, 0) is 40.5 Å². The standard InChI is InChI=1S/C16H25N3O2/c1-10(2)19(13-8-6-7-9-13)16(21)15(20)14-11(3)17-18(5)12(14)4/h10,13H,6-9H2,1-5H3. The molecule has 0 unspecified atom stereocenters. The van der Waals surface area contributed by atoms with Gasteiger partial charge in [-0.25, -0.2) is 0 Å². The van der Waals surface area contributed by atoms with Crippen LogP contribution >= 0.6 is 0 Å². The second-order valence-corrected chi connectivity index (χ2v) is 6.24. The van der Waals surface area contributed by atoms with E-state index in [2.05, 4.69) is 5.10 Å². The summed E-state index contributed by atoms with van der Waals surface area (Å²) in [6.45, 7) is 7.57. The van der Waals surface area contributed by atoms with Crippen LogP contribution in [-0.4, -0.2) is 38.5 Å². The lowest BCUT2D eigenvalue weighted by Crippen LogP contribution is -2.47. The molecule has 116 valence electrons. The van der Waals surface area contributed by atoms with Crippen molar-refractivity contribution >= 4 is 11.7 Å². The lowest BCUT2D eigenvalue weighted by molar-refractivity contribution is -0.130. The lowest BCUT2D eigenvalue weighted by Gasteiger charge is -2.32. The van der Waals surface area contributed by atoms with Crippen LogP contribution in [0.4, 0.5) is 0 Å². The van der Waals surface area contributed by atoms with Crippen molar-refractivity contribution < 1.29 is 9.59 Å². The molecule has 0 radical (unpaired) electrons. The molecule has 1 heterocycles. The summed E-state index contributed by atoms with van der Waals surface area (Å²) in [5.74, 6) is -0.796. The molecule has 0 N–H and O–H groups in total. The molecule has 21 heavy (non-hydrogen) atoms. The van der Waals surface area contributed by atoms with Gasteiger partial charge in [0.2, 0.25) is 0 Å². The van der Waals surface area contributed by atoms with Gasteiger partial charge in [-0.1, -0.05) is 12.8 Å². The minimum Gasteiger partial charge on any atom is -0.330 e. The summed E-state index contributed by atoms with van der Waals surface area (Å²) in [7, 11) is 1.79. The Kier molecular flexibility index (Phi) is 4.49. The molecular formula is C16H25N3O2. The Morgan fingerprint density at radius 3 is 2.24 bits per heavy atom. The summed E-state index contributed by atoms with van der Waals surface area (Å²) in [4.78, 5) is 27.2. The number of hydrogen-bond acceptors (Lipinski definition) is 3. The molecule has 0 bridgehead atoms. The Labute approximate surface area is 126 Å². The van der Waals surface area contributed by atoms with Crippen LogP contribution in [-0.2, 0) is 11.8 Å². The summed E-state index contributed by atoms with van der Waals surface area (Å²) < 4.78 is 1.66. The Morgan fingerprint density at radius 2 is 1.81 bits per heavy atom. The number of carbonyl (C=O) groups excluding carboxylic acids is 2. The summed E-state index contributed by atoms with van der Waals surface area (Å²) in [5.41, 5.74) is 1.84. The topological polar surface area (TPSA) is 55.2 Å². The SMILES string of the molecule is Cc1nn(C)c(C)c1C(=O)C(=O)N(C(C)C)C1CCCC1. The van der Waals surface area contributed by atoms with E-state index in [-0.39, 0.29) is 18.0 Å². The van der Waals surface area contributed by atoms with Crippen molar-refractivity contribution in [3.63, 3.8) is 0 Å². The number of carbonyl (C=O) groups is 2. The van der Waals surface area contributed by atoms with Crippen LogP contribution in [0.2, 0.25) is 0 Å². The predicted octanol–water partition coefficient (Wildman–Crippen LogP) is 2.40. The van der Waals surface area contributed by atoms with Crippen LogP contribution in [0, 0.1) is 13.8 Å². The molecule has 1 amide bonds. The van der Waals surface area contributed by atoms with Crippen molar-refractivity contribution in [3.8, 4) is 0 Å². The third-order valence-electron chi connectivity index (χ3n) is 4.44. The second-order valence-electron chi connectivity index (χ2n) is 6.24. The highest BCUT2D eigenvalue weighted by molar-refractivity contribution is 6.43. The van der Waals surface area contributed by atoms with E-state index in [1.54, 1.807) is 23.6 Å². The molecule has 2 rings (SSSR count). The average molecular weight is 291 g/mol. The molecule has 0 spiro atoms. The monoisotopic (exact) mass is 291 g/mol. The fourth-order valence-corrected chi connectivity index (χ4v) is 3.33. The highest BCUT2D eigenvalue weighted by atomic mass is 16.2. The van der Waals surface area contributed by atoms with E-state index in [4.69, 9.17) is 0 Å².